The van der Waals surface area contributed by atoms with Gasteiger partial charge in [-0.1, -0.05) is 11.6 Å². The summed E-state index contributed by atoms with van der Waals surface area (Å²) in [5.74, 6) is 1.30. The van der Waals surface area contributed by atoms with E-state index in [0.717, 1.165) is 51.7 Å². The highest BCUT2D eigenvalue weighted by molar-refractivity contribution is 5.79. The van der Waals surface area contributed by atoms with Gasteiger partial charge in [0, 0.05) is 19.0 Å². The van der Waals surface area contributed by atoms with Gasteiger partial charge in [-0.25, -0.2) is 0 Å². The van der Waals surface area contributed by atoms with Crippen molar-refractivity contribution in [3.63, 3.8) is 0 Å². The van der Waals surface area contributed by atoms with Crippen LogP contribution in [0.1, 0.15) is 39.0 Å². The van der Waals surface area contributed by atoms with Gasteiger partial charge in [-0.15, -0.1) is 0 Å². The first-order valence-electron chi connectivity index (χ1n) is 6.85. The van der Waals surface area contributed by atoms with Crippen LogP contribution >= 0.6 is 0 Å². The van der Waals surface area contributed by atoms with Crippen molar-refractivity contribution in [1.29, 1.82) is 0 Å². The summed E-state index contributed by atoms with van der Waals surface area (Å²) < 4.78 is 0. The normalized spacial score (nSPS) is 30.0. The smallest absolute Gasteiger partial charge is 0.225 e. The quantitative estimate of drug-likeness (QED) is 0.745. The lowest BCUT2D eigenvalue weighted by Gasteiger charge is -2.33. The van der Waals surface area contributed by atoms with Crippen LogP contribution < -0.4 is 5.73 Å². The van der Waals surface area contributed by atoms with Crippen LogP contribution in [0.5, 0.6) is 0 Å². The summed E-state index contributed by atoms with van der Waals surface area (Å²) in [5, 5.41) is 0. The van der Waals surface area contributed by atoms with Gasteiger partial charge < -0.3 is 10.6 Å². The third kappa shape index (κ3) is 3.09. The third-order valence-corrected chi connectivity index (χ3v) is 4.17. The lowest BCUT2D eigenvalue weighted by molar-refractivity contribution is -0.136. The van der Waals surface area contributed by atoms with Crippen molar-refractivity contribution in [2.45, 2.75) is 39.0 Å². The molecule has 0 aromatic carbocycles. The summed E-state index contributed by atoms with van der Waals surface area (Å²) in [7, 11) is 0. The molecule has 0 unspecified atom stereocenters. The zero-order valence-electron chi connectivity index (χ0n) is 10.8. The Kier molecular flexibility index (Phi) is 4.21. The molecule has 0 aromatic rings. The predicted molar refractivity (Wildman–Crippen MR) is 69.5 cm³/mol. The average molecular weight is 236 g/mol. The molecular formula is C14H24N2O. The van der Waals surface area contributed by atoms with Gasteiger partial charge in [0.25, 0.3) is 0 Å². The van der Waals surface area contributed by atoms with Gasteiger partial charge >= 0.3 is 0 Å². The molecule has 1 aliphatic heterocycles. The Labute approximate surface area is 104 Å². The van der Waals surface area contributed by atoms with Crippen molar-refractivity contribution in [2.75, 3.05) is 19.6 Å². The first kappa shape index (κ1) is 12.6. The van der Waals surface area contributed by atoms with Crippen molar-refractivity contribution in [1.82, 2.24) is 4.90 Å². The predicted octanol–water partition coefficient (Wildman–Crippen LogP) is 1.93. The van der Waals surface area contributed by atoms with E-state index in [1.807, 2.05) is 4.90 Å². The van der Waals surface area contributed by atoms with Gasteiger partial charge in [0.05, 0.1) is 0 Å². The Morgan fingerprint density at radius 1 is 1.41 bits per heavy atom. The number of amides is 1. The van der Waals surface area contributed by atoms with Crippen LogP contribution in [-0.4, -0.2) is 30.4 Å². The molecular weight excluding hydrogens is 212 g/mol. The first-order valence-corrected chi connectivity index (χ1v) is 6.85. The fraction of sp³-hybridized carbons (Fsp3) is 0.786. The van der Waals surface area contributed by atoms with Gasteiger partial charge in [-0.3, -0.25) is 4.79 Å². The van der Waals surface area contributed by atoms with E-state index in [2.05, 4.69) is 13.0 Å². The molecule has 96 valence electrons. The lowest BCUT2D eigenvalue weighted by Crippen LogP contribution is -2.41. The van der Waals surface area contributed by atoms with Gasteiger partial charge in [0.1, 0.15) is 0 Å². The fourth-order valence-corrected chi connectivity index (χ4v) is 3.00. The topological polar surface area (TPSA) is 46.3 Å². The average Bonchev–Trinajstić information content (AvgIpc) is 2.38. The van der Waals surface area contributed by atoms with Gasteiger partial charge in [-0.05, 0) is 51.5 Å². The molecule has 2 N–H and O–H groups in total. The molecule has 0 saturated heterocycles. The summed E-state index contributed by atoms with van der Waals surface area (Å²) in [4.78, 5) is 14.4. The molecule has 1 heterocycles. The maximum atomic E-state index is 12.4. The van der Waals surface area contributed by atoms with Crippen LogP contribution in [0.4, 0.5) is 0 Å². The van der Waals surface area contributed by atoms with Gasteiger partial charge in [0.15, 0.2) is 0 Å². The second kappa shape index (κ2) is 5.67. The molecule has 3 heteroatoms. The molecule has 17 heavy (non-hydrogen) atoms. The number of rotatable bonds is 2. The molecule has 1 aliphatic carbocycles. The van der Waals surface area contributed by atoms with Crippen molar-refractivity contribution >= 4 is 5.91 Å². The van der Waals surface area contributed by atoms with Crippen molar-refractivity contribution in [2.24, 2.45) is 17.6 Å². The zero-order chi connectivity index (χ0) is 12.3. The summed E-state index contributed by atoms with van der Waals surface area (Å²) in [5.41, 5.74) is 7.02. The number of carbonyl (C=O) groups is 1. The Hall–Kier alpha value is -0.830. The van der Waals surface area contributed by atoms with Crippen LogP contribution in [-0.2, 0) is 4.79 Å². The minimum atomic E-state index is 0.267. The second-order valence-electron chi connectivity index (χ2n) is 5.55. The number of hydrogen-bond acceptors (Lipinski definition) is 2. The second-order valence-corrected chi connectivity index (χ2v) is 5.55. The Morgan fingerprint density at radius 3 is 2.71 bits per heavy atom. The molecule has 2 aliphatic rings. The maximum Gasteiger partial charge on any atom is 0.225 e. The number of hydrogen-bond donors (Lipinski definition) is 1. The van der Waals surface area contributed by atoms with E-state index in [0.29, 0.717) is 11.8 Å². The Balaban J connectivity index is 1.86. The van der Waals surface area contributed by atoms with Crippen LogP contribution in [0, 0.1) is 11.8 Å². The Bertz CT molecular complexity index is 303. The summed E-state index contributed by atoms with van der Waals surface area (Å²) >= 11 is 0. The minimum absolute atomic E-state index is 0.267. The summed E-state index contributed by atoms with van der Waals surface area (Å²) in [6, 6.07) is 0. The van der Waals surface area contributed by atoms with Crippen LogP contribution in [0.2, 0.25) is 0 Å². The van der Waals surface area contributed by atoms with E-state index in [1.165, 1.54) is 5.57 Å². The van der Waals surface area contributed by atoms with E-state index in [4.69, 9.17) is 5.73 Å². The van der Waals surface area contributed by atoms with E-state index >= 15 is 0 Å². The third-order valence-electron chi connectivity index (χ3n) is 4.17. The van der Waals surface area contributed by atoms with Crippen molar-refractivity contribution in [3.8, 4) is 0 Å². The SMILES string of the molecule is CC1=CCCN(C(=O)C2CCC(CN)CC2)C1. The number of nitrogens with zero attached hydrogens (tertiary/aromatic N) is 1. The molecule has 1 fully saturated rings. The highest BCUT2D eigenvalue weighted by atomic mass is 16.2. The number of nitrogens with two attached hydrogens (primary N) is 1. The molecule has 1 saturated carbocycles. The van der Waals surface area contributed by atoms with Crippen molar-refractivity contribution < 1.29 is 4.79 Å². The van der Waals surface area contributed by atoms with E-state index in [1.54, 1.807) is 0 Å². The molecule has 0 bridgehead atoms. The monoisotopic (exact) mass is 236 g/mol. The van der Waals surface area contributed by atoms with Crippen LogP contribution in [0.3, 0.4) is 0 Å². The van der Waals surface area contributed by atoms with Crippen LogP contribution in [0.25, 0.3) is 0 Å². The fourth-order valence-electron chi connectivity index (χ4n) is 3.00. The van der Waals surface area contributed by atoms with E-state index in [9.17, 15) is 4.79 Å². The standard InChI is InChI=1S/C14H24N2O/c1-11-3-2-8-16(10-11)14(17)13-6-4-12(9-15)5-7-13/h3,12-13H,2,4-10,15H2,1H3. The zero-order valence-corrected chi connectivity index (χ0v) is 10.8. The van der Waals surface area contributed by atoms with Crippen molar-refractivity contribution in [3.05, 3.63) is 11.6 Å². The molecule has 2 rings (SSSR count). The van der Waals surface area contributed by atoms with E-state index in [-0.39, 0.29) is 5.92 Å². The Morgan fingerprint density at radius 2 is 2.12 bits per heavy atom. The van der Waals surface area contributed by atoms with Gasteiger partial charge in [-0.2, -0.15) is 0 Å². The largest absolute Gasteiger partial charge is 0.338 e. The molecule has 0 spiro atoms. The lowest BCUT2D eigenvalue weighted by atomic mass is 9.81. The highest BCUT2D eigenvalue weighted by Crippen LogP contribution is 2.30. The minimum Gasteiger partial charge on any atom is -0.338 e. The summed E-state index contributed by atoms with van der Waals surface area (Å²) in [6.07, 6.45) is 7.62. The van der Waals surface area contributed by atoms with Crippen LogP contribution in [0.15, 0.2) is 11.6 Å². The molecule has 1 amide bonds. The maximum absolute atomic E-state index is 12.4. The molecule has 0 aromatic heterocycles. The molecule has 0 atom stereocenters. The molecule has 0 radical (unpaired) electrons. The number of carbonyl (C=O) groups excluding carboxylic acids is 1. The van der Waals surface area contributed by atoms with E-state index < -0.39 is 0 Å². The first-order chi connectivity index (χ1) is 8.20. The molecule has 3 nitrogen and oxygen atoms in total. The summed E-state index contributed by atoms with van der Waals surface area (Å²) in [6.45, 7) is 4.65. The van der Waals surface area contributed by atoms with Gasteiger partial charge in [0.2, 0.25) is 5.91 Å². The highest BCUT2D eigenvalue weighted by Gasteiger charge is 2.29.